The molecule has 0 aliphatic heterocycles. The number of hydrogen-bond donors (Lipinski definition) is 0. The maximum absolute atomic E-state index is 4.36. The standard InChI is InChI=1S/C9H14BrN3S/c1-7-11-8(10)6-9(12-7)13(2)4-5-14-3/h6H,4-5H2,1-3H3. The summed E-state index contributed by atoms with van der Waals surface area (Å²) < 4.78 is 0.844. The lowest BCUT2D eigenvalue weighted by molar-refractivity contribution is 0.912. The van der Waals surface area contributed by atoms with Crippen LogP contribution >= 0.6 is 27.7 Å². The number of aromatic nitrogens is 2. The van der Waals surface area contributed by atoms with E-state index in [1.807, 2.05) is 31.8 Å². The lowest BCUT2D eigenvalue weighted by Crippen LogP contribution is -2.21. The minimum absolute atomic E-state index is 0.797. The molecule has 14 heavy (non-hydrogen) atoms. The van der Waals surface area contributed by atoms with Crippen molar-refractivity contribution in [3.8, 4) is 0 Å². The van der Waals surface area contributed by atoms with Gasteiger partial charge in [-0.2, -0.15) is 11.8 Å². The van der Waals surface area contributed by atoms with E-state index in [0.29, 0.717) is 0 Å². The Hall–Kier alpha value is -0.290. The molecule has 1 heterocycles. The fourth-order valence-corrected chi connectivity index (χ4v) is 1.97. The van der Waals surface area contributed by atoms with Crippen molar-refractivity contribution in [2.45, 2.75) is 6.92 Å². The number of thioether (sulfide) groups is 1. The van der Waals surface area contributed by atoms with Gasteiger partial charge in [-0.25, -0.2) is 9.97 Å². The molecule has 0 fully saturated rings. The highest BCUT2D eigenvalue weighted by atomic mass is 79.9. The molecule has 0 aliphatic rings. The first-order valence-electron chi connectivity index (χ1n) is 4.34. The Morgan fingerprint density at radius 2 is 2.21 bits per heavy atom. The Balaban J connectivity index is 2.73. The first kappa shape index (κ1) is 11.8. The Morgan fingerprint density at radius 1 is 1.50 bits per heavy atom. The summed E-state index contributed by atoms with van der Waals surface area (Å²) in [7, 11) is 2.05. The van der Waals surface area contributed by atoms with Gasteiger partial charge in [0.05, 0.1) is 0 Å². The SMILES string of the molecule is CSCCN(C)c1cc(Br)nc(C)n1. The zero-order valence-electron chi connectivity index (χ0n) is 8.62. The number of halogens is 1. The Morgan fingerprint density at radius 3 is 2.79 bits per heavy atom. The Bertz CT molecular complexity index is 286. The van der Waals surface area contributed by atoms with Crippen molar-refractivity contribution in [3.05, 3.63) is 16.5 Å². The summed E-state index contributed by atoms with van der Waals surface area (Å²) in [6, 6.07) is 1.94. The van der Waals surface area contributed by atoms with Crippen LogP contribution in [0.15, 0.2) is 10.7 Å². The summed E-state index contributed by atoms with van der Waals surface area (Å²) in [6.45, 7) is 2.90. The van der Waals surface area contributed by atoms with Gasteiger partial charge in [0, 0.05) is 25.4 Å². The lowest BCUT2D eigenvalue weighted by Gasteiger charge is -2.17. The fraction of sp³-hybridized carbons (Fsp3) is 0.556. The molecule has 0 amide bonds. The summed E-state index contributed by atoms with van der Waals surface area (Å²) in [5, 5.41) is 0. The van der Waals surface area contributed by atoms with Gasteiger partial charge in [0.25, 0.3) is 0 Å². The van der Waals surface area contributed by atoms with Gasteiger partial charge < -0.3 is 4.90 Å². The zero-order valence-corrected chi connectivity index (χ0v) is 11.0. The smallest absolute Gasteiger partial charge is 0.133 e. The molecule has 0 N–H and O–H groups in total. The summed E-state index contributed by atoms with van der Waals surface area (Å²) in [4.78, 5) is 10.7. The van der Waals surface area contributed by atoms with Crippen LogP contribution in [0.5, 0.6) is 0 Å². The van der Waals surface area contributed by atoms with Crippen LogP contribution in [0.2, 0.25) is 0 Å². The first-order chi connectivity index (χ1) is 6.63. The molecule has 0 saturated carbocycles. The highest BCUT2D eigenvalue weighted by Crippen LogP contribution is 2.15. The van der Waals surface area contributed by atoms with Gasteiger partial charge in [0.15, 0.2) is 0 Å². The average molecular weight is 276 g/mol. The van der Waals surface area contributed by atoms with E-state index in [4.69, 9.17) is 0 Å². The van der Waals surface area contributed by atoms with E-state index in [2.05, 4.69) is 37.1 Å². The van der Waals surface area contributed by atoms with E-state index in [9.17, 15) is 0 Å². The van der Waals surface area contributed by atoms with Crippen molar-refractivity contribution in [1.82, 2.24) is 9.97 Å². The van der Waals surface area contributed by atoms with Crippen LogP contribution in [0.4, 0.5) is 5.82 Å². The molecule has 0 aromatic carbocycles. The van der Waals surface area contributed by atoms with E-state index >= 15 is 0 Å². The number of aryl methyl sites for hydroxylation is 1. The van der Waals surface area contributed by atoms with Crippen LogP contribution in [-0.4, -0.2) is 35.6 Å². The molecule has 0 unspecified atom stereocenters. The summed E-state index contributed by atoms with van der Waals surface area (Å²) in [5.41, 5.74) is 0. The third-order valence-electron chi connectivity index (χ3n) is 1.82. The highest BCUT2D eigenvalue weighted by Gasteiger charge is 2.04. The van der Waals surface area contributed by atoms with Gasteiger partial charge in [0.2, 0.25) is 0 Å². The predicted molar refractivity (Wildman–Crippen MR) is 66.1 cm³/mol. The second-order valence-electron chi connectivity index (χ2n) is 3.01. The van der Waals surface area contributed by atoms with Crippen LogP contribution in [0.1, 0.15) is 5.82 Å². The molecule has 3 nitrogen and oxygen atoms in total. The van der Waals surface area contributed by atoms with Gasteiger partial charge in [0.1, 0.15) is 16.2 Å². The van der Waals surface area contributed by atoms with Crippen LogP contribution in [0.3, 0.4) is 0 Å². The zero-order chi connectivity index (χ0) is 10.6. The molecule has 1 rings (SSSR count). The topological polar surface area (TPSA) is 29.0 Å². The minimum Gasteiger partial charge on any atom is -0.359 e. The second-order valence-corrected chi connectivity index (χ2v) is 4.81. The number of nitrogens with zero attached hydrogens (tertiary/aromatic N) is 3. The van der Waals surface area contributed by atoms with Crippen molar-refractivity contribution >= 4 is 33.5 Å². The van der Waals surface area contributed by atoms with Gasteiger partial charge in [-0.3, -0.25) is 0 Å². The van der Waals surface area contributed by atoms with Crippen molar-refractivity contribution < 1.29 is 0 Å². The van der Waals surface area contributed by atoms with E-state index < -0.39 is 0 Å². The Kier molecular flexibility index (Phi) is 4.68. The van der Waals surface area contributed by atoms with E-state index in [0.717, 1.165) is 28.5 Å². The number of hydrogen-bond acceptors (Lipinski definition) is 4. The number of anilines is 1. The number of rotatable bonds is 4. The van der Waals surface area contributed by atoms with Gasteiger partial charge >= 0.3 is 0 Å². The van der Waals surface area contributed by atoms with E-state index in [1.54, 1.807) is 0 Å². The van der Waals surface area contributed by atoms with Gasteiger partial charge in [-0.1, -0.05) is 0 Å². The molecular formula is C9H14BrN3S. The molecule has 1 aromatic rings. The van der Waals surface area contributed by atoms with Gasteiger partial charge in [-0.05, 0) is 29.1 Å². The molecule has 0 bridgehead atoms. The molecule has 0 radical (unpaired) electrons. The second kappa shape index (κ2) is 5.56. The molecule has 0 spiro atoms. The maximum atomic E-state index is 4.36. The van der Waals surface area contributed by atoms with Crippen molar-refractivity contribution in [1.29, 1.82) is 0 Å². The Labute approximate surface area is 97.4 Å². The van der Waals surface area contributed by atoms with Crippen LogP contribution < -0.4 is 4.90 Å². The summed E-state index contributed by atoms with van der Waals surface area (Å²) in [6.07, 6.45) is 2.11. The first-order valence-corrected chi connectivity index (χ1v) is 6.53. The van der Waals surface area contributed by atoms with Crippen LogP contribution in [0, 0.1) is 6.92 Å². The monoisotopic (exact) mass is 275 g/mol. The molecule has 0 aliphatic carbocycles. The minimum atomic E-state index is 0.797. The summed E-state index contributed by atoms with van der Waals surface area (Å²) >= 11 is 5.20. The van der Waals surface area contributed by atoms with Gasteiger partial charge in [-0.15, -0.1) is 0 Å². The molecular weight excluding hydrogens is 262 g/mol. The predicted octanol–water partition coefficient (Wildman–Crippen LogP) is 2.35. The van der Waals surface area contributed by atoms with Crippen LogP contribution in [0.25, 0.3) is 0 Å². The quantitative estimate of drug-likeness (QED) is 0.789. The lowest BCUT2D eigenvalue weighted by atomic mass is 10.5. The fourth-order valence-electron chi connectivity index (χ4n) is 1.05. The van der Waals surface area contributed by atoms with Crippen molar-refractivity contribution in [2.75, 3.05) is 30.5 Å². The molecule has 0 atom stereocenters. The average Bonchev–Trinajstić information content (AvgIpc) is 2.12. The van der Waals surface area contributed by atoms with E-state index in [1.165, 1.54) is 0 Å². The molecule has 78 valence electrons. The molecule has 1 aromatic heterocycles. The normalized spacial score (nSPS) is 10.3. The van der Waals surface area contributed by atoms with Crippen molar-refractivity contribution in [2.24, 2.45) is 0 Å². The molecule has 0 saturated heterocycles. The largest absolute Gasteiger partial charge is 0.359 e. The van der Waals surface area contributed by atoms with Crippen LogP contribution in [-0.2, 0) is 0 Å². The highest BCUT2D eigenvalue weighted by molar-refractivity contribution is 9.10. The van der Waals surface area contributed by atoms with Crippen molar-refractivity contribution in [3.63, 3.8) is 0 Å². The third kappa shape index (κ3) is 3.46. The third-order valence-corrected chi connectivity index (χ3v) is 2.81. The maximum Gasteiger partial charge on any atom is 0.133 e. The van der Waals surface area contributed by atoms with E-state index in [-0.39, 0.29) is 0 Å². The molecule has 5 heteroatoms. The summed E-state index contributed by atoms with van der Waals surface area (Å²) in [5.74, 6) is 2.88.